The van der Waals surface area contributed by atoms with Crippen LogP contribution in [0.3, 0.4) is 0 Å². The molecule has 0 radical (unpaired) electrons. The molecule has 1 fully saturated rings. The van der Waals surface area contributed by atoms with Crippen molar-refractivity contribution in [3.63, 3.8) is 0 Å². The van der Waals surface area contributed by atoms with Gasteiger partial charge in [0.05, 0.1) is 0 Å². The summed E-state index contributed by atoms with van der Waals surface area (Å²) in [6.45, 7) is 0.422. The molecule has 6 nitrogen and oxygen atoms in total. The van der Waals surface area contributed by atoms with E-state index in [0.29, 0.717) is 22.9 Å². The van der Waals surface area contributed by atoms with E-state index in [-0.39, 0.29) is 19.0 Å². The Kier molecular flexibility index (Phi) is 5.00. The van der Waals surface area contributed by atoms with Crippen LogP contribution in [0, 0.1) is 0 Å². The van der Waals surface area contributed by atoms with Gasteiger partial charge in [0.1, 0.15) is 6.54 Å². The maximum atomic E-state index is 12.3. The molecule has 0 aromatic heterocycles. The number of anilines is 2. The molecular weight excluding hydrogens is 342 g/mol. The molecule has 25 heavy (non-hydrogen) atoms. The lowest BCUT2D eigenvalue weighted by Crippen LogP contribution is -2.56. The zero-order chi connectivity index (χ0) is 17.8. The topological polar surface area (TPSA) is 69.7 Å². The molecule has 0 aliphatic carbocycles. The number of nitrogens with one attached hydrogen (secondary N) is 1. The number of piperazine rings is 1. The summed E-state index contributed by atoms with van der Waals surface area (Å²) in [5.41, 5.74) is 1.21. The third kappa shape index (κ3) is 3.97. The van der Waals surface area contributed by atoms with Crippen molar-refractivity contribution < 1.29 is 14.4 Å². The molecule has 0 saturated carbocycles. The van der Waals surface area contributed by atoms with Crippen molar-refractivity contribution in [1.29, 1.82) is 0 Å². The van der Waals surface area contributed by atoms with Crippen molar-refractivity contribution in [2.24, 2.45) is 0 Å². The van der Waals surface area contributed by atoms with Crippen LogP contribution in [0.1, 0.15) is 0 Å². The van der Waals surface area contributed by atoms with E-state index in [4.69, 9.17) is 11.6 Å². The van der Waals surface area contributed by atoms with E-state index in [9.17, 15) is 14.4 Å². The lowest BCUT2D eigenvalue weighted by Gasteiger charge is -2.33. The summed E-state index contributed by atoms with van der Waals surface area (Å²) < 4.78 is 0. The molecule has 3 amide bonds. The smallest absolute Gasteiger partial charge is 0.316 e. The lowest BCUT2D eigenvalue weighted by molar-refractivity contribution is -0.147. The number of carbonyl (C=O) groups is 3. The van der Waals surface area contributed by atoms with E-state index < -0.39 is 11.8 Å². The summed E-state index contributed by atoms with van der Waals surface area (Å²) in [5, 5.41) is 3.19. The first kappa shape index (κ1) is 17.0. The number of hydrogen-bond donors (Lipinski definition) is 1. The zero-order valence-electron chi connectivity index (χ0n) is 13.3. The molecule has 0 atom stereocenters. The van der Waals surface area contributed by atoms with Gasteiger partial charge in [-0.05, 0) is 30.3 Å². The van der Waals surface area contributed by atoms with Crippen molar-refractivity contribution in [2.45, 2.75) is 0 Å². The average molecular weight is 358 g/mol. The molecule has 3 rings (SSSR count). The number of nitrogens with zero attached hydrogens (tertiary/aromatic N) is 2. The van der Waals surface area contributed by atoms with E-state index in [1.54, 1.807) is 48.5 Å². The van der Waals surface area contributed by atoms with Gasteiger partial charge in [-0.25, -0.2) is 0 Å². The van der Waals surface area contributed by atoms with Gasteiger partial charge in [-0.15, -0.1) is 0 Å². The van der Waals surface area contributed by atoms with Crippen LogP contribution in [-0.2, 0) is 14.4 Å². The number of amides is 3. The van der Waals surface area contributed by atoms with Crippen LogP contribution in [0.2, 0.25) is 5.02 Å². The number of para-hydroxylation sites is 1. The number of hydrogen-bond acceptors (Lipinski definition) is 3. The molecule has 0 unspecified atom stereocenters. The maximum Gasteiger partial charge on any atom is 0.316 e. The summed E-state index contributed by atoms with van der Waals surface area (Å²) in [6, 6.07) is 15.7. The first-order valence-electron chi connectivity index (χ1n) is 7.76. The van der Waals surface area contributed by atoms with Crippen LogP contribution < -0.4 is 10.2 Å². The monoisotopic (exact) mass is 357 g/mol. The second-order valence-electron chi connectivity index (χ2n) is 5.58. The van der Waals surface area contributed by atoms with Gasteiger partial charge < -0.3 is 15.1 Å². The SMILES string of the molecule is O=C(CN1CCN(c2cccc(Cl)c2)C(=O)C1=O)Nc1ccccc1. The van der Waals surface area contributed by atoms with Crippen LogP contribution in [0.4, 0.5) is 11.4 Å². The molecule has 2 aromatic rings. The lowest BCUT2D eigenvalue weighted by atomic mass is 10.2. The minimum Gasteiger partial charge on any atom is -0.325 e. The standard InChI is InChI=1S/C18H16ClN3O3/c19-13-5-4-8-15(11-13)22-10-9-21(17(24)18(22)25)12-16(23)20-14-6-2-1-3-7-14/h1-8,11H,9-10,12H2,(H,20,23). The van der Waals surface area contributed by atoms with Crippen LogP contribution in [0.5, 0.6) is 0 Å². The minimum atomic E-state index is -0.700. The third-order valence-electron chi connectivity index (χ3n) is 3.82. The van der Waals surface area contributed by atoms with E-state index in [0.717, 1.165) is 0 Å². The van der Waals surface area contributed by atoms with Gasteiger partial charge in [-0.1, -0.05) is 35.9 Å². The first-order chi connectivity index (χ1) is 12.0. The predicted octanol–water partition coefficient (Wildman–Crippen LogP) is 2.15. The zero-order valence-corrected chi connectivity index (χ0v) is 14.1. The number of benzene rings is 2. The molecule has 2 aromatic carbocycles. The Morgan fingerprint density at radius 1 is 1.00 bits per heavy atom. The molecule has 1 N–H and O–H groups in total. The molecule has 1 aliphatic rings. The Labute approximate surface area is 150 Å². The Morgan fingerprint density at radius 3 is 2.48 bits per heavy atom. The van der Waals surface area contributed by atoms with Gasteiger partial charge in [0.15, 0.2) is 0 Å². The highest BCUT2D eigenvalue weighted by Gasteiger charge is 2.34. The van der Waals surface area contributed by atoms with Gasteiger partial charge >= 0.3 is 11.8 Å². The van der Waals surface area contributed by atoms with Crippen molar-refractivity contribution in [1.82, 2.24) is 4.90 Å². The fraction of sp³-hybridized carbons (Fsp3) is 0.167. The fourth-order valence-electron chi connectivity index (χ4n) is 2.61. The molecule has 7 heteroatoms. The van der Waals surface area contributed by atoms with Crippen molar-refractivity contribution in [3.8, 4) is 0 Å². The summed E-state index contributed by atoms with van der Waals surface area (Å²) >= 11 is 5.94. The van der Waals surface area contributed by atoms with E-state index in [1.807, 2.05) is 6.07 Å². The Balaban J connectivity index is 1.63. The average Bonchev–Trinajstić information content (AvgIpc) is 2.60. The summed E-state index contributed by atoms with van der Waals surface area (Å²) in [4.78, 5) is 39.4. The summed E-state index contributed by atoms with van der Waals surface area (Å²) in [6.07, 6.45) is 0. The van der Waals surface area contributed by atoms with Gasteiger partial charge in [-0.3, -0.25) is 14.4 Å². The van der Waals surface area contributed by atoms with Crippen LogP contribution in [0.15, 0.2) is 54.6 Å². The molecule has 0 spiro atoms. The summed E-state index contributed by atoms with van der Waals surface area (Å²) in [5.74, 6) is -1.71. The quantitative estimate of drug-likeness (QED) is 0.852. The highest BCUT2D eigenvalue weighted by Crippen LogP contribution is 2.21. The third-order valence-corrected chi connectivity index (χ3v) is 4.06. The largest absolute Gasteiger partial charge is 0.325 e. The van der Waals surface area contributed by atoms with Gasteiger partial charge in [0.25, 0.3) is 0 Å². The second-order valence-corrected chi connectivity index (χ2v) is 6.01. The second kappa shape index (κ2) is 7.36. The molecule has 0 bridgehead atoms. The van der Waals surface area contributed by atoms with Crippen molar-refractivity contribution in [2.75, 3.05) is 29.9 Å². The number of halogens is 1. The number of rotatable bonds is 4. The highest BCUT2D eigenvalue weighted by atomic mass is 35.5. The predicted molar refractivity (Wildman–Crippen MR) is 95.5 cm³/mol. The minimum absolute atomic E-state index is 0.164. The highest BCUT2D eigenvalue weighted by molar-refractivity contribution is 6.41. The molecule has 1 saturated heterocycles. The molecule has 1 aliphatic heterocycles. The molecule has 128 valence electrons. The Morgan fingerprint density at radius 2 is 1.76 bits per heavy atom. The van der Waals surface area contributed by atoms with E-state index in [2.05, 4.69) is 5.32 Å². The number of carbonyl (C=O) groups excluding carboxylic acids is 3. The normalized spacial score (nSPS) is 14.6. The van der Waals surface area contributed by atoms with Crippen molar-refractivity contribution in [3.05, 3.63) is 59.6 Å². The van der Waals surface area contributed by atoms with E-state index >= 15 is 0 Å². The van der Waals surface area contributed by atoms with E-state index in [1.165, 1.54) is 9.80 Å². The molecular formula is C18H16ClN3O3. The summed E-state index contributed by atoms with van der Waals surface area (Å²) in [7, 11) is 0. The van der Waals surface area contributed by atoms with Crippen molar-refractivity contribution >= 4 is 40.7 Å². The first-order valence-corrected chi connectivity index (χ1v) is 8.13. The Hall–Kier alpha value is -2.86. The van der Waals surface area contributed by atoms with Gasteiger partial charge in [-0.2, -0.15) is 0 Å². The maximum absolute atomic E-state index is 12.3. The van der Waals surface area contributed by atoms with Crippen LogP contribution in [-0.4, -0.2) is 42.3 Å². The Bertz CT molecular complexity index is 810. The van der Waals surface area contributed by atoms with Gasteiger partial charge in [0, 0.05) is 29.5 Å². The fourth-order valence-corrected chi connectivity index (χ4v) is 2.80. The van der Waals surface area contributed by atoms with Crippen LogP contribution in [0.25, 0.3) is 0 Å². The van der Waals surface area contributed by atoms with Crippen LogP contribution >= 0.6 is 11.6 Å². The van der Waals surface area contributed by atoms with Gasteiger partial charge in [0.2, 0.25) is 5.91 Å². The molecule has 1 heterocycles.